The number of aromatic nitrogens is 1. The van der Waals surface area contributed by atoms with E-state index in [9.17, 15) is 8.42 Å². The Morgan fingerprint density at radius 2 is 1.77 bits per heavy atom. The van der Waals surface area contributed by atoms with E-state index in [0.717, 1.165) is 5.56 Å². The maximum Gasteiger partial charge on any atom is 0.261 e. The van der Waals surface area contributed by atoms with Crippen molar-refractivity contribution in [3.05, 3.63) is 89.2 Å². The topological polar surface area (TPSA) is 85.1 Å². The second-order valence-electron chi connectivity index (χ2n) is 6.06. The van der Waals surface area contributed by atoms with E-state index < -0.39 is 15.6 Å². The molecule has 0 aliphatic carbocycles. The molecule has 0 saturated carbocycles. The fourth-order valence-electron chi connectivity index (χ4n) is 2.55. The Morgan fingerprint density at radius 1 is 1.04 bits per heavy atom. The molecule has 0 spiro atoms. The number of nitrogens with one attached hydrogen (secondary N) is 1. The first-order chi connectivity index (χ1) is 12.3. The predicted molar refractivity (Wildman–Crippen MR) is 104 cm³/mol. The number of hydrogen-bond acceptors (Lipinski definition) is 4. The molecule has 134 valence electrons. The average Bonchev–Trinajstić information content (AvgIpc) is 2.63. The van der Waals surface area contributed by atoms with Gasteiger partial charge in [-0.25, -0.2) is 8.42 Å². The quantitative estimate of drug-likeness (QED) is 0.698. The van der Waals surface area contributed by atoms with Crippen molar-refractivity contribution in [3.63, 3.8) is 0 Å². The zero-order valence-corrected chi connectivity index (χ0v) is 15.6. The first-order valence-corrected chi connectivity index (χ1v) is 9.74. The largest absolute Gasteiger partial charge is 0.317 e. The van der Waals surface area contributed by atoms with Crippen molar-refractivity contribution in [2.45, 2.75) is 17.4 Å². The molecule has 26 heavy (non-hydrogen) atoms. The summed E-state index contributed by atoms with van der Waals surface area (Å²) in [5.74, 6) is 0. The number of rotatable bonds is 5. The van der Waals surface area contributed by atoms with Crippen LogP contribution in [-0.2, 0) is 15.6 Å². The Bertz CT molecular complexity index is 1000. The zero-order chi connectivity index (χ0) is 18.8. The van der Waals surface area contributed by atoms with Crippen LogP contribution < -0.4 is 10.5 Å². The molecule has 1 atom stereocenters. The number of nitrogens with two attached hydrogens (primary N) is 1. The number of sulfonamides is 1. The maximum atomic E-state index is 12.5. The number of hydrogen-bond donors (Lipinski definition) is 2. The van der Waals surface area contributed by atoms with Gasteiger partial charge in [0.05, 0.1) is 16.1 Å². The lowest BCUT2D eigenvalue weighted by atomic mass is 9.89. The van der Waals surface area contributed by atoms with Crippen LogP contribution in [0.2, 0.25) is 5.02 Å². The zero-order valence-electron chi connectivity index (χ0n) is 14.1. The van der Waals surface area contributed by atoms with E-state index in [4.69, 9.17) is 17.3 Å². The highest BCUT2D eigenvalue weighted by Crippen LogP contribution is 2.27. The molecule has 7 heteroatoms. The van der Waals surface area contributed by atoms with Gasteiger partial charge in [-0.3, -0.25) is 9.71 Å². The monoisotopic (exact) mass is 387 g/mol. The van der Waals surface area contributed by atoms with Crippen LogP contribution in [0, 0.1) is 0 Å². The van der Waals surface area contributed by atoms with E-state index in [1.807, 2.05) is 31.2 Å². The summed E-state index contributed by atoms with van der Waals surface area (Å²) in [6, 6.07) is 18.5. The third-order valence-corrected chi connectivity index (χ3v) is 5.68. The number of halogens is 1. The van der Waals surface area contributed by atoms with Crippen LogP contribution in [0.1, 0.15) is 18.2 Å². The molecule has 0 radical (unpaired) electrons. The van der Waals surface area contributed by atoms with Gasteiger partial charge in [-0.15, -0.1) is 0 Å². The van der Waals surface area contributed by atoms with E-state index in [0.29, 0.717) is 16.4 Å². The molecule has 1 unspecified atom stereocenters. The van der Waals surface area contributed by atoms with Crippen LogP contribution in [0.5, 0.6) is 0 Å². The van der Waals surface area contributed by atoms with Gasteiger partial charge in [0.25, 0.3) is 10.0 Å². The Morgan fingerprint density at radius 3 is 2.42 bits per heavy atom. The van der Waals surface area contributed by atoms with Crippen molar-refractivity contribution in [2.75, 3.05) is 4.72 Å². The fourth-order valence-corrected chi connectivity index (χ4v) is 3.73. The van der Waals surface area contributed by atoms with Gasteiger partial charge in [-0.2, -0.15) is 0 Å². The molecule has 0 bridgehead atoms. The van der Waals surface area contributed by atoms with Crippen LogP contribution in [-0.4, -0.2) is 13.4 Å². The first-order valence-electron chi connectivity index (χ1n) is 7.88. The van der Waals surface area contributed by atoms with Crippen molar-refractivity contribution in [2.24, 2.45) is 5.73 Å². The van der Waals surface area contributed by atoms with Gasteiger partial charge in [-0.05, 0) is 61.0 Å². The summed E-state index contributed by atoms with van der Waals surface area (Å²) in [7, 11) is -3.72. The van der Waals surface area contributed by atoms with Crippen LogP contribution in [0.15, 0.2) is 77.8 Å². The molecule has 0 fully saturated rings. The number of anilines is 1. The number of pyridine rings is 1. The Kier molecular flexibility index (Phi) is 5.00. The van der Waals surface area contributed by atoms with Gasteiger partial charge >= 0.3 is 0 Å². The molecule has 3 aromatic rings. The molecule has 2 aromatic carbocycles. The van der Waals surface area contributed by atoms with Crippen molar-refractivity contribution >= 4 is 27.3 Å². The number of nitrogens with zero attached hydrogens (tertiary/aromatic N) is 1. The lowest BCUT2D eigenvalue weighted by Gasteiger charge is -2.25. The van der Waals surface area contributed by atoms with E-state index in [1.165, 1.54) is 24.3 Å². The number of benzene rings is 2. The summed E-state index contributed by atoms with van der Waals surface area (Å²) >= 11 is 5.82. The standard InChI is InChI=1S/C19H18ClN3O2S/c1-19(21,18-7-2-3-12-22-18)14-5-4-6-16(13-14)23-26(24,25)17-10-8-15(20)9-11-17/h2-13,23H,21H2,1H3. The molecule has 1 heterocycles. The van der Waals surface area contributed by atoms with Crippen LogP contribution in [0.4, 0.5) is 5.69 Å². The van der Waals surface area contributed by atoms with Gasteiger partial charge in [0.1, 0.15) is 0 Å². The summed E-state index contributed by atoms with van der Waals surface area (Å²) in [6.45, 7) is 1.84. The van der Waals surface area contributed by atoms with Gasteiger partial charge < -0.3 is 5.73 Å². The van der Waals surface area contributed by atoms with E-state index in [1.54, 1.807) is 24.4 Å². The molecule has 0 amide bonds. The van der Waals surface area contributed by atoms with Crippen molar-refractivity contribution in [1.82, 2.24) is 4.98 Å². The fraction of sp³-hybridized carbons (Fsp3) is 0.105. The van der Waals surface area contributed by atoms with Gasteiger partial charge in [0.15, 0.2) is 0 Å². The molecular formula is C19H18ClN3O2S. The second kappa shape index (κ2) is 7.07. The Balaban J connectivity index is 1.91. The van der Waals surface area contributed by atoms with Gasteiger partial charge in [-0.1, -0.05) is 29.8 Å². The third kappa shape index (κ3) is 3.88. The third-order valence-electron chi connectivity index (χ3n) is 4.04. The molecule has 5 nitrogen and oxygen atoms in total. The van der Waals surface area contributed by atoms with E-state index in [2.05, 4.69) is 9.71 Å². The molecule has 0 aliphatic rings. The summed E-state index contributed by atoms with van der Waals surface area (Å²) in [6.07, 6.45) is 1.67. The van der Waals surface area contributed by atoms with Gasteiger partial charge in [0, 0.05) is 16.9 Å². The summed E-state index contributed by atoms with van der Waals surface area (Å²) in [5.41, 5.74) is 7.46. The summed E-state index contributed by atoms with van der Waals surface area (Å²) in [5, 5.41) is 0.472. The van der Waals surface area contributed by atoms with Crippen LogP contribution in [0.25, 0.3) is 0 Å². The molecule has 0 aliphatic heterocycles. The van der Waals surface area contributed by atoms with Crippen molar-refractivity contribution in [1.29, 1.82) is 0 Å². The lowest BCUT2D eigenvalue weighted by molar-refractivity contribution is 0.581. The molecule has 3 N–H and O–H groups in total. The van der Waals surface area contributed by atoms with Crippen molar-refractivity contribution in [3.8, 4) is 0 Å². The van der Waals surface area contributed by atoms with E-state index >= 15 is 0 Å². The van der Waals surface area contributed by atoms with E-state index in [-0.39, 0.29) is 4.90 Å². The smallest absolute Gasteiger partial charge is 0.261 e. The Labute approximate surface area is 157 Å². The average molecular weight is 388 g/mol. The minimum atomic E-state index is -3.72. The SMILES string of the molecule is CC(N)(c1cccc(NS(=O)(=O)c2ccc(Cl)cc2)c1)c1ccccn1. The molecule has 1 aromatic heterocycles. The van der Waals surface area contributed by atoms with Crippen LogP contribution in [0.3, 0.4) is 0 Å². The normalized spacial score (nSPS) is 13.8. The highest BCUT2D eigenvalue weighted by Gasteiger charge is 2.25. The Hall–Kier alpha value is -2.41. The predicted octanol–water partition coefficient (Wildman–Crippen LogP) is 3.76. The summed E-state index contributed by atoms with van der Waals surface area (Å²) < 4.78 is 27.7. The molecular weight excluding hydrogens is 370 g/mol. The minimum absolute atomic E-state index is 0.132. The molecule has 3 rings (SSSR count). The van der Waals surface area contributed by atoms with Crippen LogP contribution >= 0.6 is 11.6 Å². The van der Waals surface area contributed by atoms with Crippen molar-refractivity contribution < 1.29 is 8.42 Å². The second-order valence-corrected chi connectivity index (χ2v) is 8.18. The highest BCUT2D eigenvalue weighted by atomic mass is 35.5. The minimum Gasteiger partial charge on any atom is -0.317 e. The summed E-state index contributed by atoms with van der Waals surface area (Å²) in [4.78, 5) is 4.44. The highest BCUT2D eigenvalue weighted by molar-refractivity contribution is 7.92. The lowest BCUT2D eigenvalue weighted by Crippen LogP contribution is -2.35. The van der Waals surface area contributed by atoms with Gasteiger partial charge in [0.2, 0.25) is 0 Å². The maximum absolute atomic E-state index is 12.5. The first kappa shape index (κ1) is 18.4. The molecule has 0 saturated heterocycles.